The Bertz CT molecular complexity index is 1250. The average molecular weight is 560 g/mol. The van der Waals surface area contributed by atoms with E-state index in [4.69, 9.17) is 11.6 Å². The Labute approximate surface area is 216 Å². The van der Waals surface area contributed by atoms with Crippen LogP contribution in [0.15, 0.2) is 52.3 Å². The lowest BCUT2D eigenvalue weighted by atomic mass is 10.1. The minimum Gasteiger partial charge on any atom is -0.324 e. The minimum absolute atomic E-state index is 0.00495. The van der Waals surface area contributed by atoms with Gasteiger partial charge in [0.15, 0.2) is 0 Å². The van der Waals surface area contributed by atoms with E-state index >= 15 is 0 Å². The molecule has 1 heterocycles. The van der Waals surface area contributed by atoms with E-state index in [2.05, 4.69) is 10.0 Å². The molecule has 0 aliphatic carbocycles. The largest absolute Gasteiger partial charge is 0.324 e. The van der Waals surface area contributed by atoms with Crippen LogP contribution in [-0.2, 0) is 24.8 Å². The van der Waals surface area contributed by atoms with E-state index in [1.54, 1.807) is 13.0 Å². The maximum Gasteiger partial charge on any atom is 0.243 e. The van der Waals surface area contributed by atoms with Gasteiger partial charge in [-0.1, -0.05) is 24.1 Å². The number of carbonyl (C=O) groups excluding carboxylic acids is 1. The second-order valence-electron chi connectivity index (χ2n) is 8.34. The Morgan fingerprint density at radius 1 is 1.03 bits per heavy atom. The molecule has 192 valence electrons. The summed E-state index contributed by atoms with van der Waals surface area (Å²) in [6.45, 7) is 2.70. The molecular weight excluding hydrogens is 530 g/mol. The number of halogens is 1. The molecular formula is C23H30ClN3O5S3. The van der Waals surface area contributed by atoms with Crippen LogP contribution in [0, 0.1) is 6.92 Å². The first-order valence-corrected chi connectivity index (χ1v) is 15.9. The number of hydrogen-bond donors (Lipinski definition) is 2. The fourth-order valence-corrected chi connectivity index (χ4v) is 7.09. The van der Waals surface area contributed by atoms with E-state index in [1.165, 1.54) is 52.5 Å². The first-order chi connectivity index (χ1) is 16.5. The van der Waals surface area contributed by atoms with Crippen molar-refractivity contribution in [1.29, 1.82) is 0 Å². The zero-order valence-electron chi connectivity index (χ0n) is 19.7. The quantitative estimate of drug-likeness (QED) is 0.457. The number of rotatable bonds is 10. The van der Waals surface area contributed by atoms with Crippen LogP contribution in [0.1, 0.15) is 31.2 Å². The van der Waals surface area contributed by atoms with E-state index in [0.717, 1.165) is 19.3 Å². The van der Waals surface area contributed by atoms with E-state index < -0.39 is 32.0 Å². The zero-order valence-corrected chi connectivity index (χ0v) is 22.9. The number of benzene rings is 2. The van der Waals surface area contributed by atoms with Gasteiger partial charge in [0.1, 0.15) is 6.04 Å². The lowest BCUT2D eigenvalue weighted by Crippen LogP contribution is -2.44. The minimum atomic E-state index is -3.98. The molecule has 0 radical (unpaired) electrons. The van der Waals surface area contributed by atoms with Gasteiger partial charge in [-0.05, 0) is 80.2 Å². The summed E-state index contributed by atoms with van der Waals surface area (Å²) in [6, 6.07) is 9.22. The number of thioether (sulfide) groups is 1. The number of hydrogen-bond acceptors (Lipinski definition) is 6. The van der Waals surface area contributed by atoms with Crippen molar-refractivity contribution >= 4 is 55.0 Å². The molecule has 1 saturated heterocycles. The molecule has 2 aromatic carbocycles. The van der Waals surface area contributed by atoms with Crippen molar-refractivity contribution in [2.24, 2.45) is 0 Å². The van der Waals surface area contributed by atoms with Crippen LogP contribution >= 0.6 is 23.4 Å². The van der Waals surface area contributed by atoms with Gasteiger partial charge in [0, 0.05) is 23.8 Å². The monoisotopic (exact) mass is 559 g/mol. The van der Waals surface area contributed by atoms with Gasteiger partial charge in [0.05, 0.1) is 9.79 Å². The third-order valence-electron chi connectivity index (χ3n) is 5.77. The third-order valence-corrected chi connectivity index (χ3v) is 10.0. The molecule has 0 spiro atoms. The van der Waals surface area contributed by atoms with Crippen LogP contribution in [0.25, 0.3) is 0 Å². The molecule has 2 aromatic rings. The summed E-state index contributed by atoms with van der Waals surface area (Å²) in [6.07, 6.45) is 4.76. The van der Waals surface area contributed by atoms with Crippen LogP contribution < -0.4 is 10.0 Å². The number of piperidine rings is 1. The standard InChI is InChI=1S/C23H30ClN3O5S3/c1-17-6-9-20(35(31,32)27-13-4-3-5-14-27)16-22(17)25-23(28)21(12-15-33-2)26-34(29,30)19-10-7-18(24)8-11-19/h6-11,16,21,26H,3-5,12-15H2,1-2H3,(H,25,28). The number of amides is 1. The Hall–Kier alpha value is -1.63. The van der Waals surface area contributed by atoms with Crippen LogP contribution in [0.2, 0.25) is 5.02 Å². The second-order valence-corrected chi connectivity index (χ2v) is 13.4. The van der Waals surface area contributed by atoms with Gasteiger partial charge in [-0.2, -0.15) is 20.8 Å². The van der Waals surface area contributed by atoms with E-state index in [9.17, 15) is 21.6 Å². The molecule has 0 saturated carbocycles. The molecule has 3 rings (SSSR count). The van der Waals surface area contributed by atoms with Crippen molar-refractivity contribution in [3.63, 3.8) is 0 Å². The molecule has 1 amide bonds. The molecule has 1 atom stereocenters. The average Bonchev–Trinajstić information content (AvgIpc) is 2.83. The maximum atomic E-state index is 13.2. The van der Waals surface area contributed by atoms with Gasteiger partial charge >= 0.3 is 0 Å². The highest BCUT2D eigenvalue weighted by molar-refractivity contribution is 7.98. The summed E-state index contributed by atoms with van der Waals surface area (Å²) in [5.74, 6) is -0.0175. The Morgan fingerprint density at radius 3 is 2.29 bits per heavy atom. The van der Waals surface area contributed by atoms with E-state index in [1.807, 2.05) is 6.26 Å². The molecule has 1 aliphatic heterocycles. The summed E-state index contributed by atoms with van der Waals surface area (Å²) in [5.41, 5.74) is 0.994. The summed E-state index contributed by atoms with van der Waals surface area (Å²) < 4.78 is 55.9. The van der Waals surface area contributed by atoms with Crippen molar-refractivity contribution in [1.82, 2.24) is 9.03 Å². The van der Waals surface area contributed by atoms with Crippen LogP contribution in [0.4, 0.5) is 5.69 Å². The van der Waals surface area contributed by atoms with Crippen molar-refractivity contribution in [3.8, 4) is 0 Å². The molecule has 35 heavy (non-hydrogen) atoms. The van der Waals surface area contributed by atoms with E-state index in [0.29, 0.717) is 35.1 Å². The predicted molar refractivity (Wildman–Crippen MR) is 141 cm³/mol. The topological polar surface area (TPSA) is 113 Å². The number of anilines is 1. The second kappa shape index (κ2) is 12.1. The lowest BCUT2D eigenvalue weighted by molar-refractivity contribution is -0.117. The third kappa shape index (κ3) is 7.21. The summed E-state index contributed by atoms with van der Waals surface area (Å²) in [5, 5.41) is 3.14. The Kier molecular flexibility index (Phi) is 9.64. The van der Waals surface area contributed by atoms with Crippen LogP contribution in [-0.4, -0.2) is 58.2 Å². The first-order valence-electron chi connectivity index (χ1n) is 11.2. The summed E-state index contributed by atoms with van der Waals surface area (Å²) in [7, 11) is -7.66. The number of carbonyl (C=O) groups is 1. The molecule has 8 nitrogen and oxygen atoms in total. The Morgan fingerprint density at radius 2 is 1.66 bits per heavy atom. The highest BCUT2D eigenvalue weighted by Crippen LogP contribution is 2.25. The highest BCUT2D eigenvalue weighted by Gasteiger charge is 2.28. The summed E-state index contributed by atoms with van der Waals surface area (Å²) >= 11 is 7.34. The number of sulfonamides is 2. The van der Waals surface area contributed by atoms with Gasteiger partial charge < -0.3 is 5.32 Å². The fourth-order valence-electron chi connectivity index (χ4n) is 3.72. The van der Waals surface area contributed by atoms with Crippen LogP contribution in [0.3, 0.4) is 0 Å². The fraction of sp³-hybridized carbons (Fsp3) is 0.435. The van der Waals surface area contributed by atoms with Crippen molar-refractivity contribution in [2.75, 3.05) is 30.4 Å². The van der Waals surface area contributed by atoms with Crippen molar-refractivity contribution < 1.29 is 21.6 Å². The van der Waals surface area contributed by atoms with Gasteiger partial charge in [-0.15, -0.1) is 0 Å². The number of aryl methyl sites for hydroxylation is 1. The molecule has 1 unspecified atom stereocenters. The molecule has 1 fully saturated rings. The smallest absolute Gasteiger partial charge is 0.243 e. The van der Waals surface area contributed by atoms with E-state index in [-0.39, 0.29) is 16.2 Å². The predicted octanol–water partition coefficient (Wildman–Crippen LogP) is 3.86. The van der Waals surface area contributed by atoms with Gasteiger partial charge in [0.25, 0.3) is 0 Å². The van der Waals surface area contributed by atoms with Crippen LogP contribution in [0.5, 0.6) is 0 Å². The number of nitrogens with zero attached hydrogens (tertiary/aromatic N) is 1. The van der Waals surface area contributed by atoms with Gasteiger partial charge in [-0.25, -0.2) is 16.8 Å². The Balaban J connectivity index is 1.83. The molecule has 12 heteroatoms. The highest BCUT2D eigenvalue weighted by atomic mass is 35.5. The van der Waals surface area contributed by atoms with Crippen molar-refractivity contribution in [2.45, 2.75) is 48.4 Å². The molecule has 0 bridgehead atoms. The van der Waals surface area contributed by atoms with Gasteiger partial charge in [0.2, 0.25) is 26.0 Å². The molecule has 1 aliphatic rings. The SMILES string of the molecule is CSCCC(NS(=O)(=O)c1ccc(Cl)cc1)C(=O)Nc1cc(S(=O)(=O)N2CCCCC2)ccc1C. The normalized spacial score (nSPS) is 16.1. The molecule has 2 N–H and O–H groups in total. The number of nitrogens with one attached hydrogen (secondary N) is 2. The van der Waals surface area contributed by atoms with Crippen molar-refractivity contribution in [3.05, 3.63) is 53.1 Å². The summed E-state index contributed by atoms with van der Waals surface area (Å²) in [4.78, 5) is 13.3. The lowest BCUT2D eigenvalue weighted by Gasteiger charge is -2.26. The van der Waals surface area contributed by atoms with Gasteiger partial charge in [-0.3, -0.25) is 4.79 Å². The zero-order chi connectivity index (χ0) is 25.6. The molecule has 0 aromatic heterocycles. The maximum absolute atomic E-state index is 13.2. The first kappa shape index (κ1) is 27.9.